The van der Waals surface area contributed by atoms with E-state index in [1.54, 1.807) is 19.5 Å². The third-order valence-electron chi connectivity index (χ3n) is 5.70. The topological polar surface area (TPSA) is 71.1 Å². The summed E-state index contributed by atoms with van der Waals surface area (Å²) < 4.78 is 5.28. The highest BCUT2D eigenvalue weighted by Crippen LogP contribution is 2.43. The molecule has 0 radical (unpaired) electrons. The summed E-state index contributed by atoms with van der Waals surface area (Å²) in [5.74, 6) is 0.719. The van der Waals surface area contributed by atoms with E-state index in [4.69, 9.17) is 4.74 Å². The van der Waals surface area contributed by atoms with Gasteiger partial charge in [0, 0.05) is 30.1 Å². The Morgan fingerprint density at radius 1 is 1.06 bits per heavy atom. The SMILES string of the molecule is COc1ccc(-c2n[nH]c3c2C(c2ccc(C)cc2)N(Cc2cccnc2)C3=O)cc1. The Morgan fingerprint density at radius 3 is 2.52 bits per heavy atom. The molecule has 0 saturated heterocycles. The average Bonchev–Trinajstić information content (AvgIpc) is 3.35. The number of hydrogen-bond acceptors (Lipinski definition) is 4. The maximum Gasteiger partial charge on any atom is 0.273 e. The average molecular weight is 410 g/mol. The van der Waals surface area contributed by atoms with Crippen molar-refractivity contribution in [2.75, 3.05) is 7.11 Å². The summed E-state index contributed by atoms with van der Waals surface area (Å²) in [6.45, 7) is 2.53. The predicted octanol–water partition coefficient (Wildman–Crippen LogP) is 4.53. The molecule has 154 valence electrons. The van der Waals surface area contributed by atoms with Crippen LogP contribution in [0.5, 0.6) is 5.75 Å². The second-order valence-electron chi connectivity index (χ2n) is 7.70. The van der Waals surface area contributed by atoms with Gasteiger partial charge in [0.2, 0.25) is 0 Å². The van der Waals surface area contributed by atoms with Crippen molar-refractivity contribution in [1.82, 2.24) is 20.1 Å². The predicted molar refractivity (Wildman–Crippen MR) is 118 cm³/mol. The van der Waals surface area contributed by atoms with Gasteiger partial charge < -0.3 is 9.64 Å². The van der Waals surface area contributed by atoms with Crippen LogP contribution < -0.4 is 4.74 Å². The van der Waals surface area contributed by atoms with Gasteiger partial charge in [0.05, 0.1) is 18.8 Å². The van der Waals surface area contributed by atoms with E-state index in [0.29, 0.717) is 12.2 Å². The normalized spacial score (nSPS) is 15.2. The molecule has 0 aliphatic carbocycles. The lowest BCUT2D eigenvalue weighted by molar-refractivity contribution is 0.0730. The first kappa shape index (κ1) is 19.1. The summed E-state index contributed by atoms with van der Waals surface area (Å²) in [6.07, 6.45) is 3.54. The number of pyridine rings is 1. The molecule has 0 bridgehead atoms. The third kappa shape index (κ3) is 3.36. The number of aromatic nitrogens is 3. The summed E-state index contributed by atoms with van der Waals surface area (Å²) in [4.78, 5) is 19.5. The Kier molecular flexibility index (Phi) is 4.75. The summed E-state index contributed by atoms with van der Waals surface area (Å²) >= 11 is 0. The van der Waals surface area contributed by atoms with Crippen LogP contribution in [0.4, 0.5) is 0 Å². The first-order chi connectivity index (χ1) is 15.2. The number of amides is 1. The molecule has 1 aliphatic rings. The van der Waals surface area contributed by atoms with Crippen molar-refractivity contribution in [3.05, 3.63) is 101 Å². The summed E-state index contributed by atoms with van der Waals surface area (Å²) in [5, 5.41) is 7.52. The minimum Gasteiger partial charge on any atom is -0.497 e. The molecule has 0 saturated carbocycles. The number of hydrogen-bond donors (Lipinski definition) is 1. The van der Waals surface area contributed by atoms with E-state index in [2.05, 4.69) is 46.4 Å². The van der Waals surface area contributed by atoms with Crippen LogP contribution in [0.2, 0.25) is 0 Å². The van der Waals surface area contributed by atoms with Gasteiger partial charge in [0.25, 0.3) is 5.91 Å². The molecule has 0 fully saturated rings. The Morgan fingerprint density at radius 2 is 1.84 bits per heavy atom. The van der Waals surface area contributed by atoms with Gasteiger partial charge in [-0.25, -0.2) is 0 Å². The molecule has 1 aliphatic heterocycles. The Balaban J connectivity index is 1.63. The van der Waals surface area contributed by atoms with Crippen LogP contribution in [0.3, 0.4) is 0 Å². The highest BCUT2D eigenvalue weighted by atomic mass is 16.5. The molecule has 1 N–H and O–H groups in total. The molecule has 0 spiro atoms. The monoisotopic (exact) mass is 410 g/mol. The number of carbonyl (C=O) groups excluding carboxylic acids is 1. The Labute approximate surface area is 180 Å². The standard InChI is InChI=1S/C25H22N4O2/c1-16-5-7-19(8-6-16)24-21-22(18-9-11-20(31-2)12-10-18)27-28-23(21)25(30)29(24)15-17-4-3-13-26-14-17/h3-14,24H,15H2,1-2H3,(H,27,28). The second kappa shape index (κ2) is 7.72. The zero-order chi connectivity index (χ0) is 21.4. The lowest BCUT2D eigenvalue weighted by atomic mass is 9.95. The number of benzene rings is 2. The van der Waals surface area contributed by atoms with E-state index in [1.165, 1.54) is 5.56 Å². The van der Waals surface area contributed by atoms with E-state index >= 15 is 0 Å². The zero-order valence-corrected chi connectivity index (χ0v) is 17.4. The molecular formula is C25H22N4O2. The molecule has 1 unspecified atom stereocenters. The van der Waals surface area contributed by atoms with Gasteiger partial charge in [0.15, 0.2) is 0 Å². The number of methoxy groups -OCH3 is 1. The van der Waals surface area contributed by atoms with Crippen LogP contribution in [0, 0.1) is 6.92 Å². The zero-order valence-electron chi connectivity index (χ0n) is 17.4. The lowest BCUT2D eigenvalue weighted by Crippen LogP contribution is -2.29. The largest absolute Gasteiger partial charge is 0.497 e. The quantitative estimate of drug-likeness (QED) is 0.525. The van der Waals surface area contributed by atoms with Gasteiger partial charge in [-0.15, -0.1) is 0 Å². The fraction of sp³-hybridized carbons (Fsp3) is 0.160. The summed E-state index contributed by atoms with van der Waals surface area (Å²) in [5.41, 5.74) is 6.38. The van der Waals surface area contributed by atoms with Crippen LogP contribution in [0.1, 0.15) is 38.8 Å². The maximum absolute atomic E-state index is 13.4. The van der Waals surface area contributed by atoms with Crippen molar-refractivity contribution in [1.29, 1.82) is 0 Å². The Hall–Kier alpha value is -3.93. The smallest absolute Gasteiger partial charge is 0.273 e. The van der Waals surface area contributed by atoms with Crippen LogP contribution in [-0.4, -0.2) is 33.1 Å². The molecule has 4 aromatic rings. The van der Waals surface area contributed by atoms with E-state index in [0.717, 1.165) is 33.7 Å². The van der Waals surface area contributed by atoms with Crippen molar-refractivity contribution >= 4 is 5.91 Å². The van der Waals surface area contributed by atoms with Crippen LogP contribution >= 0.6 is 0 Å². The van der Waals surface area contributed by atoms with Gasteiger partial charge in [-0.1, -0.05) is 35.9 Å². The number of rotatable bonds is 5. The fourth-order valence-electron chi connectivity index (χ4n) is 4.11. The number of carbonyl (C=O) groups is 1. The van der Waals surface area contributed by atoms with E-state index < -0.39 is 0 Å². The van der Waals surface area contributed by atoms with E-state index in [1.807, 2.05) is 41.3 Å². The van der Waals surface area contributed by atoms with Crippen LogP contribution in [0.15, 0.2) is 73.1 Å². The Bertz CT molecular complexity index is 1210. The molecule has 3 heterocycles. The molecule has 6 heteroatoms. The molecule has 6 nitrogen and oxygen atoms in total. The summed E-state index contributed by atoms with van der Waals surface area (Å²) in [6, 6.07) is 19.7. The fourth-order valence-corrected chi connectivity index (χ4v) is 4.11. The number of aryl methyl sites for hydroxylation is 1. The highest BCUT2D eigenvalue weighted by molar-refractivity contribution is 6.00. The number of ether oxygens (including phenoxy) is 1. The summed E-state index contributed by atoms with van der Waals surface area (Å²) in [7, 11) is 1.64. The van der Waals surface area contributed by atoms with Crippen molar-refractivity contribution < 1.29 is 9.53 Å². The molecule has 1 atom stereocenters. The third-order valence-corrected chi connectivity index (χ3v) is 5.70. The van der Waals surface area contributed by atoms with E-state index in [-0.39, 0.29) is 11.9 Å². The minimum absolute atomic E-state index is 0.0586. The lowest BCUT2D eigenvalue weighted by Gasteiger charge is -2.26. The molecule has 2 aromatic carbocycles. The highest BCUT2D eigenvalue weighted by Gasteiger charge is 2.42. The number of fused-ring (bicyclic) bond motifs is 1. The number of nitrogens with one attached hydrogen (secondary N) is 1. The maximum atomic E-state index is 13.4. The van der Waals surface area contributed by atoms with Crippen LogP contribution in [-0.2, 0) is 6.54 Å². The van der Waals surface area contributed by atoms with Crippen molar-refractivity contribution in [3.8, 4) is 17.0 Å². The number of aromatic amines is 1. The van der Waals surface area contributed by atoms with Gasteiger partial charge >= 0.3 is 0 Å². The number of nitrogens with zero attached hydrogens (tertiary/aromatic N) is 3. The van der Waals surface area contributed by atoms with E-state index in [9.17, 15) is 4.79 Å². The first-order valence-corrected chi connectivity index (χ1v) is 10.1. The molecule has 2 aromatic heterocycles. The van der Waals surface area contributed by atoms with Gasteiger partial charge in [-0.05, 0) is 48.4 Å². The molecular weight excluding hydrogens is 388 g/mol. The van der Waals surface area contributed by atoms with Gasteiger partial charge in [-0.3, -0.25) is 14.9 Å². The van der Waals surface area contributed by atoms with Crippen molar-refractivity contribution in [3.63, 3.8) is 0 Å². The van der Waals surface area contributed by atoms with Gasteiger partial charge in [-0.2, -0.15) is 5.10 Å². The molecule has 31 heavy (non-hydrogen) atoms. The second-order valence-corrected chi connectivity index (χ2v) is 7.70. The van der Waals surface area contributed by atoms with Crippen LogP contribution in [0.25, 0.3) is 11.3 Å². The van der Waals surface area contributed by atoms with Gasteiger partial charge in [0.1, 0.15) is 11.4 Å². The molecule has 5 rings (SSSR count). The first-order valence-electron chi connectivity index (χ1n) is 10.1. The minimum atomic E-state index is -0.237. The van der Waals surface area contributed by atoms with Crippen molar-refractivity contribution in [2.45, 2.75) is 19.5 Å². The van der Waals surface area contributed by atoms with Crippen molar-refractivity contribution in [2.24, 2.45) is 0 Å². The number of H-pyrrole nitrogens is 1. The molecule has 1 amide bonds.